The summed E-state index contributed by atoms with van der Waals surface area (Å²) >= 11 is 7.16. The molecule has 22 heavy (non-hydrogen) atoms. The van der Waals surface area contributed by atoms with Crippen LogP contribution in [0.3, 0.4) is 0 Å². The molecule has 0 fully saturated rings. The molecule has 0 saturated heterocycles. The van der Waals surface area contributed by atoms with Crippen molar-refractivity contribution >= 4 is 43.6 Å². The molecule has 0 bridgehead atoms. The number of hydrogen-bond acceptors (Lipinski definition) is 2. The predicted molar refractivity (Wildman–Crippen MR) is 97.7 cm³/mol. The molecule has 3 nitrogen and oxygen atoms in total. The molecule has 0 saturated carbocycles. The smallest absolute Gasteiger partial charge is 0.415 e. The number of ether oxygens (including phenoxy) is 1. The average Bonchev–Trinajstić information content (AvgIpc) is 2.27. The van der Waals surface area contributed by atoms with Crippen LogP contribution in [0.2, 0.25) is 0 Å². The third-order valence-electron chi connectivity index (χ3n) is 3.80. The Bertz CT molecular complexity index is 605. The summed E-state index contributed by atoms with van der Waals surface area (Å²) in [6, 6.07) is 4.07. The molecular weight excluding hydrogens is 410 g/mol. The number of carbonyl (C=O) groups excluding carboxylic acids is 1. The predicted octanol–water partition coefficient (Wildman–Crippen LogP) is 6.24. The van der Waals surface area contributed by atoms with Crippen molar-refractivity contribution in [3.8, 4) is 0 Å². The molecule has 0 radical (unpaired) electrons. The largest absolute Gasteiger partial charge is 0.443 e. The van der Waals surface area contributed by atoms with Crippen LogP contribution in [0.25, 0.3) is 0 Å². The molecule has 122 valence electrons. The highest BCUT2D eigenvalue weighted by molar-refractivity contribution is 9.11. The minimum absolute atomic E-state index is 0.298. The van der Waals surface area contributed by atoms with Gasteiger partial charge in [-0.3, -0.25) is 4.90 Å². The van der Waals surface area contributed by atoms with E-state index in [2.05, 4.69) is 58.7 Å². The third kappa shape index (κ3) is 3.51. The molecule has 1 unspecified atom stereocenters. The minimum atomic E-state index is -0.516. The first kappa shape index (κ1) is 17.8. The summed E-state index contributed by atoms with van der Waals surface area (Å²) in [5.74, 6) is 0.373. The number of benzene rings is 1. The Hall–Kier alpha value is -0.550. The zero-order chi connectivity index (χ0) is 16.9. The quantitative estimate of drug-likeness (QED) is 0.485. The Morgan fingerprint density at radius 1 is 1.32 bits per heavy atom. The van der Waals surface area contributed by atoms with Crippen molar-refractivity contribution in [1.82, 2.24) is 0 Å². The topological polar surface area (TPSA) is 29.5 Å². The van der Waals surface area contributed by atoms with Crippen LogP contribution in [0, 0.1) is 0 Å². The number of amides is 1. The fourth-order valence-corrected chi connectivity index (χ4v) is 4.53. The van der Waals surface area contributed by atoms with Crippen molar-refractivity contribution in [1.29, 1.82) is 0 Å². The number of nitrogens with zero attached hydrogens (tertiary/aromatic N) is 1. The number of halogens is 2. The molecule has 1 aliphatic heterocycles. The van der Waals surface area contributed by atoms with Crippen molar-refractivity contribution in [2.75, 3.05) is 4.90 Å². The lowest BCUT2D eigenvalue weighted by Gasteiger charge is -2.46. The number of carbonyl (C=O) groups is 1. The average molecular weight is 433 g/mol. The van der Waals surface area contributed by atoms with Gasteiger partial charge in [-0.1, -0.05) is 22.9 Å². The second-order valence-corrected chi connectivity index (χ2v) is 9.33. The normalized spacial score (nSPS) is 20.5. The Morgan fingerprint density at radius 3 is 2.45 bits per heavy atom. The first-order valence-electron chi connectivity index (χ1n) is 7.44. The summed E-state index contributed by atoms with van der Waals surface area (Å²) in [5.41, 5.74) is 1.26. The van der Waals surface area contributed by atoms with Gasteiger partial charge >= 0.3 is 6.09 Å². The second kappa shape index (κ2) is 5.82. The van der Waals surface area contributed by atoms with Crippen LogP contribution >= 0.6 is 31.9 Å². The highest BCUT2D eigenvalue weighted by Crippen LogP contribution is 2.48. The van der Waals surface area contributed by atoms with Crippen molar-refractivity contribution in [3.63, 3.8) is 0 Å². The van der Waals surface area contributed by atoms with Gasteiger partial charge < -0.3 is 4.74 Å². The number of anilines is 1. The lowest BCUT2D eigenvalue weighted by molar-refractivity contribution is 0.0535. The van der Waals surface area contributed by atoms with Gasteiger partial charge in [-0.15, -0.1) is 0 Å². The summed E-state index contributed by atoms with van der Waals surface area (Å²) in [5, 5.41) is 0. The third-order valence-corrected chi connectivity index (χ3v) is 4.86. The van der Waals surface area contributed by atoms with E-state index in [1.54, 1.807) is 4.90 Å². The molecule has 2 rings (SSSR count). The first-order valence-corrected chi connectivity index (χ1v) is 9.03. The maximum atomic E-state index is 12.8. The number of rotatable bonds is 0. The highest BCUT2D eigenvalue weighted by Gasteiger charge is 2.43. The van der Waals surface area contributed by atoms with E-state index in [9.17, 15) is 4.79 Å². The molecule has 1 aromatic rings. The molecule has 1 aliphatic rings. The zero-order valence-electron chi connectivity index (χ0n) is 14.0. The Labute approximate surface area is 149 Å². The molecule has 1 heterocycles. The van der Waals surface area contributed by atoms with Crippen molar-refractivity contribution < 1.29 is 9.53 Å². The van der Waals surface area contributed by atoms with E-state index in [0.717, 1.165) is 26.6 Å². The van der Waals surface area contributed by atoms with E-state index in [0.29, 0.717) is 5.92 Å². The molecule has 1 atom stereocenters. The molecule has 0 aliphatic carbocycles. The van der Waals surface area contributed by atoms with Crippen LogP contribution in [0.15, 0.2) is 21.1 Å². The van der Waals surface area contributed by atoms with Crippen LogP contribution < -0.4 is 4.90 Å². The van der Waals surface area contributed by atoms with Crippen LogP contribution in [0.4, 0.5) is 10.5 Å². The zero-order valence-corrected chi connectivity index (χ0v) is 17.1. The van der Waals surface area contributed by atoms with Crippen molar-refractivity contribution in [3.05, 3.63) is 26.6 Å². The van der Waals surface area contributed by atoms with Crippen LogP contribution in [0.5, 0.6) is 0 Å². The van der Waals surface area contributed by atoms with E-state index < -0.39 is 5.60 Å². The Kier molecular flexibility index (Phi) is 4.71. The van der Waals surface area contributed by atoms with Gasteiger partial charge in [0.1, 0.15) is 5.60 Å². The van der Waals surface area contributed by atoms with Gasteiger partial charge in [0, 0.05) is 14.5 Å². The van der Waals surface area contributed by atoms with Crippen LogP contribution in [-0.2, 0) is 4.74 Å². The first-order chi connectivity index (χ1) is 9.92. The van der Waals surface area contributed by atoms with Crippen molar-refractivity contribution in [2.45, 2.75) is 65.0 Å². The molecule has 5 heteroatoms. The summed E-state index contributed by atoms with van der Waals surface area (Å²) in [4.78, 5) is 14.6. The van der Waals surface area contributed by atoms with E-state index >= 15 is 0 Å². The molecule has 0 spiro atoms. The fourth-order valence-electron chi connectivity index (χ4n) is 3.10. The van der Waals surface area contributed by atoms with E-state index in [4.69, 9.17) is 4.74 Å². The van der Waals surface area contributed by atoms with E-state index in [1.165, 1.54) is 0 Å². The maximum Gasteiger partial charge on any atom is 0.415 e. The van der Waals surface area contributed by atoms with Gasteiger partial charge in [0.15, 0.2) is 0 Å². The SMILES string of the molecule is CC1CC(C)(C)N(C(=O)OC(C)(C)C)c2c(Br)cc(Br)cc21. The maximum absolute atomic E-state index is 12.8. The van der Waals surface area contributed by atoms with Gasteiger partial charge in [-0.2, -0.15) is 0 Å². The van der Waals surface area contributed by atoms with Gasteiger partial charge in [0.2, 0.25) is 0 Å². The molecule has 0 aromatic heterocycles. The fraction of sp³-hybridized carbons (Fsp3) is 0.588. The Balaban J connectivity index is 2.58. The highest BCUT2D eigenvalue weighted by atomic mass is 79.9. The lowest BCUT2D eigenvalue weighted by atomic mass is 9.80. The number of fused-ring (bicyclic) bond motifs is 1. The van der Waals surface area contributed by atoms with E-state index in [-0.39, 0.29) is 11.6 Å². The molecule has 1 amide bonds. The van der Waals surface area contributed by atoms with Gasteiger partial charge in [0.05, 0.1) is 5.69 Å². The standard InChI is InChI=1S/C17H23Br2NO2/c1-10-9-17(5,6)20(15(21)22-16(2,3)4)14-12(10)7-11(18)8-13(14)19/h7-8,10H,9H2,1-6H3. The monoisotopic (exact) mass is 431 g/mol. The van der Waals surface area contributed by atoms with Crippen LogP contribution in [-0.4, -0.2) is 17.2 Å². The van der Waals surface area contributed by atoms with Gasteiger partial charge in [0.25, 0.3) is 0 Å². The summed E-state index contributed by atoms with van der Waals surface area (Å²) in [6.45, 7) is 12.0. The van der Waals surface area contributed by atoms with E-state index in [1.807, 2.05) is 26.8 Å². The lowest BCUT2D eigenvalue weighted by Crippen LogP contribution is -2.53. The number of hydrogen-bond donors (Lipinski definition) is 0. The molecular formula is C17H23Br2NO2. The minimum Gasteiger partial charge on any atom is -0.443 e. The van der Waals surface area contributed by atoms with Crippen LogP contribution in [0.1, 0.15) is 59.4 Å². The second-order valence-electron chi connectivity index (χ2n) is 7.56. The summed E-state index contributed by atoms with van der Waals surface area (Å²) in [7, 11) is 0. The summed E-state index contributed by atoms with van der Waals surface area (Å²) in [6.07, 6.45) is 0.593. The Morgan fingerprint density at radius 2 is 1.91 bits per heavy atom. The van der Waals surface area contributed by atoms with Gasteiger partial charge in [-0.25, -0.2) is 4.79 Å². The molecule has 0 N–H and O–H groups in total. The molecule has 1 aromatic carbocycles. The summed E-state index contributed by atoms with van der Waals surface area (Å²) < 4.78 is 7.56. The van der Waals surface area contributed by atoms with Gasteiger partial charge in [-0.05, 0) is 80.6 Å². The van der Waals surface area contributed by atoms with Crippen molar-refractivity contribution in [2.24, 2.45) is 0 Å².